The first-order valence-corrected chi connectivity index (χ1v) is 15.9. The summed E-state index contributed by atoms with van der Waals surface area (Å²) in [6.45, 7) is 0. The molecule has 4 saturated carbocycles. The molecule has 0 atom stereocenters. The predicted molar refractivity (Wildman–Crippen MR) is 176 cm³/mol. The van der Waals surface area contributed by atoms with Gasteiger partial charge in [-0.25, -0.2) is 15.0 Å². The van der Waals surface area contributed by atoms with Gasteiger partial charge in [-0.05, 0) is 95.5 Å². The minimum atomic E-state index is 0.356. The molecule has 10 rings (SSSR count). The van der Waals surface area contributed by atoms with E-state index in [0.717, 1.165) is 56.0 Å². The third-order valence-corrected chi connectivity index (χ3v) is 10.7. The Balaban J connectivity index is 1.21. The molecule has 0 unspecified atom stereocenters. The average Bonchev–Trinajstić information content (AvgIpc) is 3.07. The highest BCUT2D eigenvalue weighted by molar-refractivity contribution is 6.15. The summed E-state index contributed by atoms with van der Waals surface area (Å²) in [6, 6.07) is 38.0. The summed E-state index contributed by atoms with van der Waals surface area (Å²) in [7, 11) is 0. The topological polar surface area (TPSA) is 62.5 Å². The Morgan fingerprint density at radius 1 is 0.591 bits per heavy atom. The number of fused-ring (bicyclic) bond motifs is 3. The van der Waals surface area contributed by atoms with Crippen LogP contribution in [0.2, 0.25) is 0 Å². The van der Waals surface area contributed by atoms with Gasteiger partial charge in [0.25, 0.3) is 0 Å². The van der Waals surface area contributed by atoms with Crippen molar-refractivity contribution in [2.24, 2.45) is 17.8 Å². The molecule has 0 radical (unpaired) electrons. The molecule has 0 amide bonds. The molecule has 4 bridgehead atoms. The van der Waals surface area contributed by atoms with Gasteiger partial charge in [-0.1, -0.05) is 91.0 Å². The number of aromatic nitrogens is 3. The summed E-state index contributed by atoms with van der Waals surface area (Å²) in [5.74, 6) is 4.68. The van der Waals surface area contributed by atoms with E-state index in [1.807, 2.05) is 54.6 Å². The van der Waals surface area contributed by atoms with Gasteiger partial charge in [0.2, 0.25) is 0 Å². The number of nitrogens with zero attached hydrogens (tertiary/aromatic N) is 4. The quantitative estimate of drug-likeness (QED) is 0.199. The van der Waals surface area contributed by atoms with E-state index in [0.29, 0.717) is 28.5 Å². The van der Waals surface area contributed by atoms with Crippen LogP contribution in [0.15, 0.2) is 103 Å². The van der Waals surface area contributed by atoms with Crippen LogP contribution in [0.25, 0.3) is 55.7 Å². The van der Waals surface area contributed by atoms with Gasteiger partial charge in [-0.3, -0.25) is 0 Å². The maximum atomic E-state index is 10.0. The number of nitriles is 1. The van der Waals surface area contributed by atoms with Crippen LogP contribution in [-0.2, 0) is 5.41 Å². The van der Waals surface area contributed by atoms with Crippen LogP contribution in [0.5, 0.6) is 0 Å². The van der Waals surface area contributed by atoms with Crippen molar-refractivity contribution in [3.8, 4) is 40.2 Å². The van der Waals surface area contributed by atoms with Gasteiger partial charge in [0.1, 0.15) is 0 Å². The third-order valence-electron chi connectivity index (χ3n) is 10.7. The monoisotopic (exact) mass is 568 g/mol. The average molecular weight is 569 g/mol. The zero-order valence-electron chi connectivity index (χ0n) is 24.6. The lowest BCUT2D eigenvalue weighted by molar-refractivity contribution is -0.00518. The van der Waals surface area contributed by atoms with Gasteiger partial charge in [0, 0.05) is 22.1 Å². The number of hydrogen-bond acceptors (Lipinski definition) is 4. The molecule has 212 valence electrons. The van der Waals surface area contributed by atoms with Gasteiger partial charge in [-0.2, -0.15) is 5.26 Å². The van der Waals surface area contributed by atoms with Crippen LogP contribution in [-0.4, -0.2) is 15.0 Å². The minimum Gasteiger partial charge on any atom is -0.208 e. The largest absolute Gasteiger partial charge is 0.208 e. The van der Waals surface area contributed by atoms with Crippen molar-refractivity contribution in [1.82, 2.24) is 15.0 Å². The summed E-state index contributed by atoms with van der Waals surface area (Å²) in [4.78, 5) is 15.2. The zero-order chi connectivity index (χ0) is 29.3. The Labute approximate surface area is 257 Å². The number of rotatable bonds is 4. The highest BCUT2D eigenvalue weighted by atomic mass is 15.0. The fourth-order valence-electron chi connectivity index (χ4n) is 9.21. The SMILES string of the molecule is N#Cc1cccc2c(-c3nc(-c4ccccc4)nc(-c4ccc(C56CC7CC(CC(C7)C5)C6)cc4)n3)cc3ccccc3c12. The lowest BCUT2D eigenvalue weighted by atomic mass is 9.48. The fraction of sp³-hybridized carbons (Fsp3) is 0.250. The Hall–Kier alpha value is -4.88. The van der Waals surface area contributed by atoms with E-state index >= 15 is 0 Å². The Morgan fingerprint density at radius 3 is 1.86 bits per heavy atom. The molecular formula is C40H32N4. The van der Waals surface area contributed by atoms with Crippen molar-refractivity contribution in [2.75, 3.05) is 0 Å². The lowest BCUT2D eigenvalue weighted by Crippen LogP contribution is -2.48. The van der Waals surface area contributed by atoms with Crippen LogP contribution in [0, 0.1) is 29.1 Å². The normalized spacial score (nSPS) is 23.7. The maximum absolute atomic E-state index is 10.0. The molecule has 0 N–H and O–H groups in total. The van der Waals surface area contributed by atoms with Crippen LogP contribution in [0.1, 0.15) is 49.7 Å². The minimum absolute atomic E-state index is 0.356. The summed E-state index contributed by atoms with van der Waals surface area (Å²) >= 11 is 0. The predicted octanol–water partition coefficient (Wildman–Crippen LogP) is 9.52. The first-order chi connectivity index (χ1) is 21.7. The molecule has 4 heteroatoms. The van der Waals surface area contributed by atoms with Crippen molar-refractivity contribution in [2.45, 2.75) is 43.9 Å². The second kappa shape index (κ2) is 9.82. The summed E-state index contributed by atoms with van der Waals surface area (Å²) in [6.07, 6.45) is 8.41. The number of hydrogen-bond donors (Lipinski definition) is 0. The van der Waals surface area contributed by atoms with Crippen molar-refractivity contribution >= 4 is 21.5 Å². The molecule has 6 aromatic rings. The molecule has 1 heterocycles. The maximum Gasteiger partial charge on any atom is 0.164 e. The number of benzene rings is 5. The standard InChI is InChI=1S/C40H32N4/c41-24-31-10-6-12-34-35(20-30-9-4-5-11-33(30)36(31)34)39-43-37(28-7-2-1-3-8-28)42-38(44-39)29-13-15-32(16-14-29)40-21-25-17-26(22-40)19-27(18-25)23-40/h1-16,20,25-27H,17-19,21-23H2. The van der Waals surface area contributed by atoms with Gasteiger partial charge >= 0.3 is 0 Å². The van der Waals surface area contributed by atoms with Crippen molar-refractivity contribution in [1.29, 1.82) is 5.26 Å². The first-order valence-electron chi connectivity index (χ1n) is 15.9. The molecule has 0 spiro atoms. The van der Waals surface area contributed by atoms with Crippen molar-refractivity contribution in [3.05, 3.63) is 114 Å². The second-order valence-corrected chi connectivity index (χ2v) is 13.4. The fourth-order valence-corrected chi connectivity index (χ4v) is 9.21. The Bertz CT molecular complexity index is 2070. The lowest BCUT2D eigenvalue weighted by Gasteiger charge is -2.57. The molecule has 0 aliphatic heterocycles. The summed E-state index contributed by atoms with van der Waals surface area (Å²) in [5.41, 5.74) is 5.37. The van der Waals surface area contributed by atoms with Crippen LogP contribution in [0.4, 0.5) is 0 Å². The molecule has 5 aromatic carbocycles. The van der Waals surface area contributed by atoms with Crippen LogP contribution in [0.3, 0.4) is 0 Å². The van der Waals surface area contributed by atoms with E-state index in [4.69, 9.17) is 15.0 Å². The van der Waals surface area contributed by atoms with E-state index < -0.39 is 0 Å². The summed E-state index contributed by atoms with van der Waals surface area (Å²) in [5, 5.41) is 14.1. The molecule has 0 saturated heterocycles. The van der Waals surface area contributed by atoms with Gasteiger partial charge in [-0.15, -0.1) is 0 Å². The zero-order valence-corrected chi connectivity index (χ0v) is 24.6. The molecular weight excluding hydrogens is 536 g/mol. The van der Waals surface area contributed by atoms with Crippen LogP contribution >= 0.6 is 0 Å². The highest BCUT2D eigenvalue weighted by Gasteiger charge is 2.51. The van der Waals surface area contributed by atoms with E-state index in [2.05, 4.69) is 54.6 Å². The second-order valence-electron chi connectivity index (χ2n) is 13.4. The molecule has 4 aliphatic rings. The molecule has 44 heavy (non-hydrogen) atoms. The van der Waals surface area contributed by atoms with E-state index in [-0.39, 0.29) is 0 Å². The Morgan fingerprint density at radius 2 is 1.18 bits per heavy atom. The highest BCUT2D eigenvalue weighted by Crippen LogP contribution is 2.60. The van der Waals surface area contributed by atoms with Crippen molar-refractivity contribution < 1.29 is 0 Å². The first kappa shape index (κ1) is 25.6. The summed E-state index contributed by atoms with van der Waals surface area (Å²) < 4.78 is 0. The third kappa shape index (κ3) is 4.07. The van der Waals surface area contributed by atoms with Crippen LogP contribution < -0.4 is 0 Å². The van der Waals surface area contributed by atoms with E-state index in [9.17, 15) is 5.26 Å². The Kier molecular flexibility index (Phi) is 5.72. The van der Waals surface area contributed by atoms with E-state index in [1.54, 1.807) is 0 Å². The molecule has 4 nitrogen and oxygen atoms in total. The van der Waals surface area contributed by atoms with E-state index in [1.165, 1.54) is 44.1 Å². The van der Waals surface area contributed by atoms with Gasteiger partial charge in [0.15, 0.2) is 17.5 Å². The molecule has 4 aliphatic carbocycles. The molecule has 1 aromatic heterocycles. The van der Waals surface area contributed by atoms with Gasteiger partial charge < -0.3 is 0 Å². The smallest absolute Gasteiger partial charge is 0.164 e. The molecule has 4 fully saturated rings. The van der Waals surface area contributed by atoms with Crippen molar-refractivity contribution in [3.63, 3.8) is 0 Å². The van der Waals surface area contributed by atoms with Gasteiger partial charge in [0.05, 0.1) is 11.6 Å².